The Bertz CT molecular complexity index is 1260. The number of nitrogens with zero attached hydrogens (tertiary/aromatic N) is 1. The van der Waals surface area contributed by atoms with Gasteiger partial charge in [0, 0.05) is 18.6 Å². The third-order valence-electron chi connectivity index (χ3n) is 8.82. The van der Waals surface area contributed by atoms with E-state index >= 15 is 0 Å². The van der Waals surface area contributed by atoms with Crippen molar-refractivity contribution in [3.8, 4) is 11.3 Å². The van der Waals surface area contributed by atoms with Crippen molar-refractivity contribution in [3.05, 3.63) is 77.5 Å². The van der Waals surface area contributed by atoms with E-state index in [0.29, 0.717) is 0 Å². The van der Waals surface area contributed by atoms with E-state index in [9.17, 15) is 0 Å². The highest BCUT2D eigenvalue weighted by molar-refractivity contribution is 5.95. The summed E-state index contributed by atoms with van der Waals surface area (Å²) < 4.78 is 2.54. The monoisotopic (exact) mass is 438 g/mol. The average molecular weight is 439 g/mol. The summed E-state index contributed by atoms with van der Waals surface area (Å²) in [6.45, 7) is 18.6. The Kier molecular flexibility index (Phi) is 5.12. The molecule has 1 heteroatoms. The SMILES string of the molecule is C=C1C2(CC)c3cc(C(C)(C)C)ccc3-c3c4ccc(CCCCCC)cc4cc[n+]3C12C. The average Bonchev–Trinajstić information content (AvgIpc) is 3.31. The van der Waals surface area contributed by atoms with Crippen molar-refractivity contribution in [1.82, 2.24) is 0 Å². The molecule has 0 saturated heterocycles. The van der Waals surface area contributed by atoms with Crippen LogP contribution in [0.1, 0.15) is 90.3 Å². The first kappa shape index (κ1) is 22.4. The molecule has 2 aliphatic rings. The molecule has 1 nitrogen and oxygen atoms in total. The second-order valence-electron chi connectivity index (χ2n) is 11.6. The number of hydrogen-bond acceptors (Lipinski definition) is 0. The van der Waals surface area contributed by atoms with Crippen LogP contribution in [0.25, 0.3) is 22.0 Å². The van der Waals surface area contributed by atoms with Gasteiger partial charge in [0.1, 0.15) is 0 Å². The molecule has 0 bridgehead atoms. The van der Waals surface area contributed by atoms with Gasteiger partial charge in [0.15, 0.2) is 6.20 Å². The Labute approximate surface area is 200 Å². The molecule has 2 atom stereocenters. The minimum Gasteiger partial charge on any atom is -0.187 e. The summed E-state index contributed by atoms with van der Waals surface area (Å²) in [6.07, 6.45) is 9.85. The predicted molar refractivity (Wildman–Crippen MR) is 141 cm³/mol. The molecule has 0 N–H and O–H groups in total. The van der Waals surface area contributed by atoms with Crippen LogP contribution in [0.3, 0.4) is 0 Å². The Morgan fingerprint density at radius 3 is 2.42 bits per heavy atom. The zero-order chi connectivity index (χ0) is 23.6. The molecule has 0 spiro atoms. The number of benzene rings is 2. The largest absolute Gasteiger partial charge is 0.221 e. The number of allylic oxidation sites excluding steroid dienone is 1. The van der Waals surface area contributed by atoms with E-state index in [1.807, 2.05) is 0 Å². The molecule has 1 fully saturated rings. The van der Waals surface area contributed by atoms with Crippen LogP contribution in [0.2, 0.25) is 0 Å². The third kappa shape index (κ3) is 3.00. The van der Waals surface area contributed by atoms with Crippen LogP contribution in [-0.4, -0.2) is 0 Å². The predicted octanol–water partition coefficient (Wildman–Crippen LogP) is 8.16. The normalized spacial score (nSPS) is 23.3. The van der Waals surface area contributed by atoms with Gasteiger partial charge in [-0.3, -0.25) is 0 Å². The van der Waals surface area contributed by atoms with Crippen molar-refractivity contribution in [2.45, 2.75) is 96.4 Å². The Balaban J connectivity index is 1.69. The standard InChI is InChI=1S/C32H40N/c1-8-10-11-12-13-23-14-16-26-24(20-23)18-19-33-29(26)27-17-15-25(30(4,5)6)21-28(27)32(9-2)22(3)31(32,33)7/h14-21H,3,8-13H2,1-2,4-7H3/q+1. The molecule has 0 radical (unpaired) electrons. The topological polar surface area (TPSA) is 3.88 Å². The van der Waals surface area contributed by atoms with Gasteiger partial charge >= 0.3 is 0 Å². The maximum atomic E-state index is 4.64. The van der Waals surface area contributed by atoms with E-state index in [4.69, 9.17) is 0 Å². The number of aromatic nitrogens is 1. The van der Waals surface area contributed by atoms with Crippen molar-refractivity contribution in [3.63, 3.8) is 0 Å². The van der Waals surface area contributed by atoms with Crippen molar-refractivity contribution < 1.29 is 4.57 Å². The quantitative estimate of drug-likeness (QED) is 0.208. The third-order valence-corrected chi connectivity index (χ3v) is 8.82. The Hall–Kier alpha value is -2.41. The minimum atomic E-state index is -0.0480. The molecule has 0 amide bonds. The summed E-state index contributed by atoms with van der Waals surface area (Å²) in [5.41, 5.74) is 8.61. The molecular formula is C32H40N+. The van der Waals surface area contributed by atoms with Gasteiger partial charge in [0.2, 0.25) is 11.2 Å². The van der Waals surface area contributed by atoms with E-state index in [1.165, 1.54) is 76.4 Å². The van der Waals surface area contributed by atoms with Gasteiger partial charge in [0.25, 0.3) is 0 Å². The number of rotatable bonds is 6. The number of unbranched alkanes of at least 4 members (excludes halogenated alkanes) is 3. The maximum Gasteiger partial charge on any atom is 0.221 e. The molecule has 2 aromatic carbocycles. The highest BCUT2D eigenvalue weighted by Gasteiger charge is 2.79. The molecule has 1 aliphatic heterocycles. The van der Waals surface area contributed by atoms with E-state index in [2.05, 4.69) is 101 Å². The van der Waals surface area contributed by atoms with E-state index < -0.39 is 0 Å². The summed E-state index contributed by atoms with van der Waals surface area (Å²) in [5.74, 6) is 0. The molecular weight excluding hydrogens is 398 g/mol. The lowest BCUT2D eigenvalue weighted by atomic mass is 9.76. The van der Waals surface area contributed by atoms with Gasteiger partial charge in [-0.1, -0.05) is 84.7 Å². The fourth-order valence-electron chi connectivity index (χ4n) is 6.64. The van der Waals surface area contributed by atoms with E-state index in [1.54, 1.807) is 0 Å². The lowest BCUT2D eigenvalue weighted by Crippen LogP contribution is -2.53. The molecule has 1 aliphatic carbocycles. The zero-order valence-electron chi connectivity index (χ0n) is 21.5. The van der Waals surface area contributed by atoms with Gasteiger partial charge < -0.3 is 0 Å². The maximum absolute atomic E-state index is 4.64. The van der Waals surface area contributed by atoms with E-state index in [0.717, 1.165) is 6.42 Å². The van der Waals surface area contributed by atoms with Gasteiger partial charge in [-0.15, -0.1) is 0 Å². The molecule has 2 heterocycles. The highest BCUT2D eigenvalue weighted by Crippen LogP contribution is 2.69. The summed E-state index contributed by atoms with van der Waals surface area (Å²) in [6, 6.07) is 16.7. The molecule has 3 aromatic rings. The van der Waals surface area contributed by atoms with Crippen LogP contribution in [-0.2, 0) is 22.8 Å². The lowest BCUT2D eigenvalue weighted by Gasteiger charge is -2.29. The van der Waals surface area contributed by atoms with Crippen molar-refractivity contribution in [1.29, 1.82) is 0 Å². The van der Waals surface area contributed by atoms with Gasteiger partial charge in [0.05, 0.1) is 16.4 Å². The molecule has 5 rings (SSSR count). The second kappa shape index (κ2) is 7.55. The smallest absolute Gasteiger partial charge is 0.187 e. The summed E-state index contributed by atoms with van der Waals surface area (Å²) >= 11 is 0. The van der Waals surface area contributed by atoms with Crippen LogP contribution < -0.4 is 4.57 Å². The van der Waals surface area contributed by atoms with Gasteiger partial charge in [-0.2, -0.15) is 4.57 Å². The Morgan fingerprint density at radius 2 is 1.73 bits per heavy atom. The minimum absolute atomic E-state index is 0.0359. The first-order valence-corrected chi connectivity index (χ1v) is 13.0. The molecule has 2 unspecified atom stereocenters. The van der Waals surface area contributed by atoms with Crippen LogP contribution in [0, 0.1) is 0 Å². The van der Waals surface area contributed by atoms with E-state index in [-0.39, 0.29) is 16.4 Å². The first-order chi connectivity index (χ1) is 15.7. The van der Waals surface area contributed by atoms with Crippen molar-refractivity contribution in [2.75, 3.05) is 0 Å². The van der Waals surface area contributed by atoms with Crippen LogP contribution in [0.4, 0.5) is 0 Å². The highest BCUT2D eigenvalue weighted by atomic mass is 15.2. The van der Waals surface area contributed by atoms with Crippen LogP contribution in [0.15, 0.2) is 60.8 Å². The lowest BCUT2D eigenvalue weighted by molar-refractivity contribution is -0.726. The fourth-order valence-corrected chi connectivity index (χ4v) is 6.64. The van der Waals surface area contributed by atoms with Crippen molar-refractivity contribution in [2.24, 2.45) is 0 Å². The van der Waals surface area contributed by atoms with Gasteiger partial charge in [-0.25, -0.2) is 0 Å². The Morgan fingerprint density at radius 1 is 0.939 bits per heavy atom. The first-order valence-electron chi connectivity index (χ1n) is 13.0. The molecule has 1 aromatic heterocycles. The zero-order valence-corrected chi connectivity index (χ0v) is 21.5. The molecule has 1 saturated carbocycles. The fraction of sp³-hybridized carbons (Fsp3) is 0.469. The number of pyridine rings is 1. The summed E-state index contributed by atoms with van der Waals surface area (Å²) in [4.78, 5) is 0. The van der Waals surface area contributed by atoms with Gasteiger partial charge in [-0.05, 0) is 58.9 Å². The summed E-state index contributed by atoms with van der Waals surface area (Å²) in [7, 11) is 0. The number of aryl methyl sites for hydroxylation is 1. The number of fused-ring (bicyclic) bond motifs is 8. The molecule has 172 valence electrons. The summed E-state index contributed by atoms with van der Waals surface area (Å²) in [5, 5.41) is 2.73. The molecule has 33 heavy (non-hydrogen) atoms. The second-order valence-corrected chi connectivity index (χ2v) is 11.6. The van der Waals surface area contributed by atoms with Crippen molar-refractivity contribution >= 4 is 10.8 Å². The van der Waals surface area contributed by atoms with Crippen LogP contribution >= 0.6 is 0 Å². The number of hydrogen-bond donors (Lipinski definition) is 0. The van der Waals surface area contributed by atoms with Crippen LogP contribution in [0.5, 0.6) is 0 Å².